The van der Waals surface area contributed by atoms with Gasteiger partial charge >= 0.3 is 6.03 Å². The summed E-state index contributed by atoms with van der Waals surface area (Å²) < 4.78 is 0. The first-order valence-electron chi connectivity index (χ1n) is 8.64. The molecule has 1 saturated carbocycles. The van der Waals surface area contributed by atoms with Crippen LogP contribution in [0.25, 0.3) is 0 Å². The molecule has 1 aliphatic heterocycles. The van der Waals surface area contributed by atoms with Crippen LogP contribution in [0.15, 0.2) is 54.6 Å². The molecule has 4 rings (SSSR count). The Bertz CT molecular complexity index is 858. The number of rotatable bonds is 5. The van der Waals surface area contributed by atoms with E-state index in [1.54, 1.807) is 0 Å². The van der Waals surface area contributed by atoms with E-state index < -0.39 is 17.5 Å². The van der Waals surface area contributed by atoms with Crippen LogP contribution >= 0.6 is 0 Å². The lowest BCUT2D eigenvalue weighted by molar-refractivity contribution is -0.120. The van der Waals surface area contributed by atoms with Crippen molar-refractivity contribution in [2.75, 3.05) is 5.32 Å². The van der Waals surface area contributed by atoms with Crippen molar-refractivity contribution in [2.24, 2.45) is 0 Å². The molecule has 26 heavy (non-hydrogen) atoms. The summed E-state index contributed by atoms with van der Waals surface area (Å²) >= 11 is 0. The highest BCUT2D eigenvalue weighted by atomic mass is 16.2. The molecule has 6 nitrogen and oxygen atoms in total. The molecule has 1 atom stereocenters. The van der Waals surface area contributed by atoms with E-state index in [1.165, 1.54) is 0 Å². The number of urea groups is 1. The van der Waals surface area contributed by atoms with E-state index in [4.69, 9.17) is 0 Å². The number of imide groups is 1. The van der Waals surface area contributed by atoms with Crippen LogP contribution in [0.2, 0.25) is 0 Å². The molecule has 2 aliphatic rings. The predicted molar refractivity (Wildman–Crippen MR) is 96.6 cm³/mol. The fourth-order valence-electron chi connectivity index (χ4n) is 3.34. The zero-order chi connectivity index (χ0) is 18.1. The maximum Gasteiger partial charge on any atom is 0.322 e. The van der Waals surface area contributed by atoms with E-state index in [1.807, 2.05) is 54.6 Å². The molecule has 0 bridgehead atoms. The summed E-state index contributed by atoms with van der Waals surface area (Å²) in [6, 6.07) is 16.2. The van der Waals surface area contributed by atoms with Crippen molar-refractivity contribution >= 4 is 23.5 Å². The van der Waals surface area contributed by atoms with Crippen molar-refractivity contribution in [3.63, 3.8) is 0 Å². The smallest absolute Gasteiger partial charge is 0.322 e. The van der Waals surface area contributed by atoms with Crippen LogP contribution in [0, 0.1) is 0 Å². The topological polar surface area (TPSA) is 87.3 Å². The Hall–Kier alpha value is -3.15. The summed E-state index contributed by atoms with van der Waals surface area (Å²) in [5, 5.41) is 7.79. The normalized spacial score (nSPS) is 20.2. The van der Waals surface area contributed by atoms with Crippen LogP contribution in [0.4, 0.5) is 10.5 Å². The van der Waals surface area contributed by atoms with Gasteiger partial charge in [-0.05, 0) is 36.1 Å². The highest BCUT2D eigenvalue weighted by molar-refractivity contribution is 6.04. The van der Waals surface area contributed by atoms with Crippen molar-refractivity contribution in [2.45, 2.75) is 30.7 Å². The molecule has 6 heteroatoms. The van der Waals surface area contributed by atoms with E-state index in [9.17, 15) is 14.4 Å². The summed E-state index contributed by atoms with van der Waals surface area (Å²) in [6.45, 7) is 0. The lowest BCUT2D eigenvalue weighted by Gasteiger charge is -2.16. The van der Waals surface area contributed by atoms with Gasteiger partial charge in [0.2, 0.25) is 5.91 Å². The molecule has 2 aromatic carbocycles. The van der Waals surface area contributed by atoms with Crippen LogP contribution in [0.5, 0.6) is 0 Å². The van der Waals surface area contributed by atoms with Gasteiger partial charge in [-0.1, -0.05) is 42.5 Å². The van der Waals surface area contributed by atoms with Gasteiger partial charge in [0.05, 0.1) is 5.41 Å². The quantitative estimate of drug-likeness (QED) is 0.723. The number of nitrogens with one attached hydrogen (secondary N) is 3. The van der Waals surface area contributed by atoms with Crippen molar-refractivity contribution < 1.29 is 14.4 Å². The Morgan fingerprint density at radius 2 is 1.73 bits per heavy atom. The number of benzene rings is 2. The molecular formula is C20H19N3O3. The van der Waals surface area contributed by atoms with Gasteiger partial charge in [-0.3, -0.25) is 14.9 Å². The third kappa shape index (κ3) is 3.06. The second-order valence-electron chi connectivity index (χ2n) is 6.82. The molecule has 2 aromatic rings. The molecule has 132 valence electrons. The molecule has 1 aliphatic carbocycles. The summed E-state index contributed by atoms with van der Waals surface area (Å²) in [5.41, 5.74) is 2.28. The monoisotopic (exact) mass is 349 g/mol. The second kappa shape index (κ2) is 6.29. The van der Waals surface area contributed by atoms with E-state index in [0.717, 1.165) is 29.7 Å². The highest BCUT2D eigenvalue weighted by Gasteiger charge is 2.51. The Morgan fingerprint density at radius 1 is 1.04 bits per heavy atom. The van der Waals surface area contributed by atoms with Gasteiger partial charge in [-0.15, -0.1) is 0 Å². The Morgan fingerprint density at radius 3 is 2.31 bits per heavy atom. The van der Waals surface area contributed by atoms with Crippen molar-refractivity contribution in [1.82, 2.24) is 10.6 Å². The fraction of sp³-hybridized carbons (Fsp3) is 0.250. The Balaban J connectivity index is 1.41. The minimum atomic E-state index is -0.546. The van der Waals surface area contributed by atoms with Crippen molar-refractivity contribution in [1.29, 1.82) is 0 Å². The molecule has 1 unspecified atom stereocenters. The fourth-order valence-corrected chi connectivity index (χ4v) is 3.34. The maximum atomic E-state index is 12.7. The lowest BCUT2D eigenvalue weighted by Crippen LogP contribution is -2.31. The van der Waals surface area contributed by atoms with E-state index in [0.29, 0.717) is 6.42 Å². The zero-order valence-electron chi connectivity index (χ0n) is 14.1. The number of amides is 4. The molecule has 2 fully saturated rings. The molecule has 1 heterocycles. The average Bonchev–Trinajstić information content (AvgIpc) is 3.39. The number of carbonyl (C=O) groups is 3. The van der Waals surface area contributed by atoms with Gasteiger partial charge in [-0.25, -0.2) is 4.79 Å². The van der Waals surface area contributed by atoms with Crippen LogP contribution in [-0.2, 0) is 21.4 Å². The zero-order valence-corrected chi connectivity index (χ0v) is 14.1. The van der Waals surface area contributed by atoms with Gasteiger partial charge in [-0.2, -0.15) is 0 Å². The molecule has 0 radical (unpaired) electrons. The summed E-state index contributed by atoms with van der Waals surface area (Å²) in [6.07, 6.45) is 2.13. The predicted octanol–water partition coefficient (Wildman–Crippen LogP) is 2.11. The minimum Gasteiger partial charge on any atom is -0.326 e. The summed E-state index contributed by atoms with van der Waals surface area (Å²) in [4.78, 5) is 35.5. The van der Waals surface area contributed by atoms with Gasteiger partial charge < -0.3 is 10.6 Å². The standard InChI is InChI=1S/C20H19N3O3/c24-17-16(22-19(26)23-17)12-13-6-8-15(9-7-13)21-18(25)20(10-11-20)14-4-2-1-3-5-14/h1-9,16H,10-12H2,(H,21,25)(H2,22,23,24,26). The van der Waals surface area contributed by atoms with Gasteiger partial charge in [0.1, 0.15) is 6.04 Å². The van der Waals surface area contributed by atoms with Gasteiger partial charge in [0.15, 0.2) is 0 Å². The van der Waals surface area contributed by atoms with Gasteiger partial charge in [0.25, 0.3) is 5.91 Å². The largest absolute Gasteiger partial charge is 0.326 e. The van der Waals surface area contributed by atoms with Crippen molar-refractivity contribution in [3.8, 4) is 0 Å². The Labute approximate surface area is 151 Å². The first-order chi connectivity index (χ1) is 12.6. The molecule has 3 N–H and O–H groups in total. The van der Waals surface area contributed by atoms with E-state index in [-0.39, 0.29) is 11.8 Å². The van der Waals surface area contributed by atoms with Crippen molar-refractivity contribution in [3.05, 3.63) is 65.7 Å². The van der Waals surface area contributed by atoms with E-state index >= 15 is 0 Å². The number of hydrogen-bond donors (Lipinski definition) is 3. The maximum absolute atomic E-state index is 12.7. The first-order valence-corrected chi connectivity index (χ1v) is 8.64. The van der Waals surface area contributed by atoms with Gasteiger partial charge in [0, 0.05) is 12.1 Å². The number of anilines is 1. The van der Waals surface area contributed by atoms with Crippen LogP contribution in [0.1, 0.15) is 24.0 Å². The van der Waals surface area contributed by atoms with E-state index in [2.05, 4.69) is 16.0 Å². The molecular weight excluding hydrogens is 330 g/mol. The van der Waals surface area contributed by atoms with Crippen LogP contribution in [0.3, 0.4) is 0 Å². The SMILES string of the molecule is O=C1NC(=O)C(Cc2ccc(NC(=O)C3(c4ccccc4)CC3)cc2)N1. The molecule has 0 aromatic heterocycles. The average molecular weight is 349 g/mol. The number of carbonyl (C=O) groups excluding carboxylic acids is 3. The van der Waals surface area contributed by atoms with Crippen LogP contribution in [-0.4, -0.2) is 23.9 Å². The summed E-state index contributed by atoms with van der Waals surface area (Å²) in [5.74, 6) is -0.301. The number of hydrogen-bond acceptors (Lipinski definition) is 3. The third-order valence-electron chi connectivity index (χ3n) is 5.02. The first kappa shape index (κ1) is 16.3. The van der Waals surface area contributed by atoms with Crippen LogP contribution < -0.4 is 16.0 Å². The summed E-state index contributed by atoms with van der Waals surface area (Å²) in [7, 11) is 0. The molecule has 0 spiro atoms. The Kier molecular flexibility index (Phi) is 3.95. The lowest BCUT2D eigenvalue weighted by atomic mass is 9.95. The molecule has 1 saturated heterocycles. The second-order valence-corrected chi connectivity index (χ2v) is 6.82. The third-order valence-corrected chi connectivity index (χ3v) is 5.02. The highest BCUT2D eigenvalue weighted by Crippen LogP contribution is 2.48. The molecule has 4 amide bonds. The minimum absolute atomic E-state index is 0.0129.